The minimum absolute atomic E-state index is 0.178. The number of nitrogens with zero attached hydrogens (tertiary/aromatic N) is 2. The van der Waals surface area contributed by atoms with Gasteiger partial charge >= 0.3 is 0 Å². The Morgan fingerprint density at radius 3 is 2.72 bits per heavy atom. The highest BCUT2D eigenvalue weighted by Crippen LogP contribution is 2.28. The van der Waals surface area contributed by atoms with Crippen LogP contribution in [0.15, 0.2) is 52.5 Å². The van der Waals surface area contributed by atoms with E-state index in [0.29, 0.717) is 6.61 Å². The first kappa shape index (κ1) is 18.2. The molecule has 0 amide bonds. The zero-order valence-corrected chi connectivity index (χ0v) is 13.9. The van der Waals surface area contributed by atoms with Crippen molar-refractivity contribution >= 4 is 21.9 Å². The van der Waals surface area contributed by atoms with Crippen LogP contribution in [-0.2, 0) is 10.0 Å². The molecule has 10 heteroatoms. The molecule has 0 atom stereocenters. The fourth-order valence-electron chi connectivity index (χ4n) is 1.90. The summed E-state index contributed by atoms with van der Waals surface area (Å²) < 4.78 is 29.4. The topological polar surface area (TPSA) is 131 Å². The first-order chi connectivity index (χ1) is 11.8. The number of benzene rings is 2. The standard InChI is InChI=1S/C15H15N3O6S/c1-2-24-14-8-3-5-11(15(14)19)10-16-17-25(22,23)13-7-4-6-12(9-13)18(20)21/h3-10,17,19H,2H2,1H3/b16-10+. The van der Waals surface area contributed by atoms with Crippen molar-refractivity contribution in [2.24, 2.45) is 5.10 Å². The average Bonchev–Trinajstić information content (AvgIpc) is 2.58. The molecule has 0 saturated heterocycles. The zero-order valence-electron chi connectivity index (χ0n) is 13.1. The number of non-ortho nitro benzene ring substituents is 1. The lowest BCUT2D eigenvalue weighted by molar-refractivity contribution is -0.385. The SMILES string of the molecule is CCOc1cccc(/C=N/NS(=O)(=O)c2cccc([N+](=O)[O-])c2)c1O. The number of nitro groups is 1. The van der Waals surface area contributed by atoms with E-state index in [0.717, 1.165) is 12.3 Å². The molecule has 132 valence electrons. The molecule has 2 N–H and O–H groups in total. The van der Waals surface area contributed by atoms with Gasteiger partial charge in [0.2, 0.25) is 0 Å². The normalized spacial score (nSPS) is 11.4. The van der Waals surface area contributed by atoms with Crippen LogP contribution in [0.1, 0.15) is 12.5 Å². The van der Waals surface area contributed by atoms with E-state index in [9.17, 15) is 23.6 Å². The number of hydrogen-bond donors (Lipinski definition) is 2. The van der Waals surface area contributed by atoms with E-state index in [1.54, 1.807) is 19.1 Å². The number of aromatic hydroxyl groups is 1. The van der Waals surface area contributed by atoms with Crippen molar-refractivity contribution in [2.75, 3.05) is 6.61 Å². The number of rotatable bonds is 7. The highest BCUT2D eigenvalue weighted by Gasteiger charge is 2.16. The first-order valence-electron chi connectivity index (χ1n) is 7.09. The quantitative estimate of drug-likeness (QED) is 0.438. The molecule has 2 aromatic rings. The van der Waals surface area contributed by atoms with Gasteiger partial charge in [-0.25, -0.2) is 4.83 Å². The van der Waals surface area contributed by atoms with E-state index in [1.165, 1.54) is 24.3 Å². The van der Waals surface area contributed by atoms with Crippen LogP contribution in [0.25, 0.3) is 0 Å². The molecule has 0 heterocycles. The van der Waals surface area contributed by atoms with Crippen LogP contribution in [0.5, 0.6) is 11.5 Å². The largest absolute Gasteiger partial charge is 0.504 e. The molecule has 0 fully saturated rings. The Morgan fingerprint density at radius 2 is 2.04 bits per heavy atom. The van der Waals surface area contributed by atoms with Crippen molar-refractivity contribution in [2.45, 2.75) is 11.8 Å². The zero-order chi connectivity index (χ0) is 18.4. The Morgan fingerprint density at radius 1 is 1.32 bits per heavy atom. The van der Waals surface area contributed by atoms with Gasteiger partial charge in [-0.2, -0.15) is 13.5 Å². The second kappa shape index (κ2) is 7.62. The third kappa shape index (κ3) is 4.44. The molecule has 0 saturated carbocycles. The molecular formula is C15H15N3O6S. The molecule has 0 aliphatic carbocycles. The Balaban J connectivity index is 2.20. The fraction of sp³-hybridized carbons (Fsp3) is 0.133. The molecule has 25 heavy (non-hydrogen) atoms. The highest BCUT2D eigenvalue weighted by atomic mass is 32.2. The minimum atomic E-state index is -4.08. The van der Waals surface area contributed by atoms with Crippen LogP contribution in [0, 0.1) is 10.1 Å². The Bertz CT molecular complexity index is 911. The molecule has 0 spiro atoms. The third-order valence-corrected chi connectivity index (χ3v) is 4.27. The van der Waals surface area contributed by atoms with E-state index < -0.39 is 14.9 Å². The summed E-state index contributed by atoms with van der Waals surface area (Å²) in [5.74, 6) is 0.0654. The number of hydrazone groups is 1. The van der Waals surface area contributed by atoms with E-state index >= 15 is 0 Å². The summed E-state index contributed by atoms with van der Waals surface area (Å²) in [5, 5.41) is 24.3. The van der Waals surface area contributed by atoms with Gasteiger partial charge in [-0.05, 0) is 25.1 Å². The van der Waals surface area contributed by atoms with Crippen LogP contribution < -0.4 is 9.57 Å². The van der Waals surface area contributed by atoms with Crippen molar-refractivity contribution in [1.29, 1.82) is 0 Å². The maximum absolute atomic E-state index is 12.1. The van der Waals surface area contributed by atoms with E-state index in [2.05, 4.69) is 5.10 Å². The molecule has 2 rings (SSSR count). The van der Waals surface area contributed by atoms with Crippen LogP contribution in [-0.4, -0.2) is 31.3 Å². The van der Waals surface area contributed by atoms with Crippen molar-refractivity contribution < 1.29 is 23.2 Å². The smallest absolute Gasteiger partial charge is 0.276 e. The molecule has 9 nitrogen and oxygen atoms in total. The van der Waals surface area contributed by atoms with Gasteiger partial charge in [-0.3, -0.25) is 10.1 Å². The maximum Gasteiger partial charge on any atom is 0.276 e. The van der Waals surface area contributed by atoms with Gasteiger partial charge in [0.05, 0.1) is 22.6 Å². The van der Waals surface area contributed by atoms with Crippen molar-refractivity contribution in [3.8, 4) is 11.5 Å². The Kier molecular flexibility index (Phi) is 5.55. The second-order valence-electron chi connectivity index (χ2n) is 4.73. The molecule has 0 aromatic heterocycles. The Hall–Kier alpha value is -3.14. The first-order valence-corrected chi connectivity index (χ1v) is 8.57. The van der Waals surface area contributed by atoms with Gasteiger partial charge in [0, 0.05) is 17.7 Å². The van der Waals surface area contributed by atoms with Gasteiger partial charge < -0.3 is 9.84 Å². The molecule has 0 unspecified atom stereocenters. The van der Waals surface area contributed by atoms with Crippen LogP contribution in [0.3, 0.4) is 0 Å². The molecule has 0 radical (unpaired) electrons. The minimum Gasteiger partial charge on any atom is -0.504 e. The number of sulfonamides is 1. The summed E-state index contributed by atoms with van der Waals surface area (Å²) >= 11 is 0. The van der Waals surface area contributed by atoms with Gasteiger partial charge in [0.25, 0.3) is 15.7 Å². The van der Waals surface area contributed by atoms with Crippen LogP contribution in [0.4, 0.5) is 5.69 Å². The highest BCUT2D eigenvalue weighted by molar-refractivity contribution is 7.89. The van der Waals surface area contributed by atoms with E-state index in [4.69, 9.17) is 4.74 Å². The third-order valence-electron chi connectivity index (χ3n) is 3.05. The van der Waals surface area contributed by atoms with E-state index in [1.807, 2.05) is 4.83 Å². The number of ether oxygens (including phenoxy) is 1. The van der Waals surface area contributed by atoms with E-state index in [-0.39, 0.29) is 27.6 Å². The molecule has 0 aliphatic rings. The summed E-state index contributed by atoms with van der Waals surface area (Å²) in [5.41, 5.74) is -0.110. The van der Waals surface area contributed by atoms with Gasteiger partial charge in [-0.1, -0.05) is 12.1 Å². The number of nitro benzene ring substituents is 1. The number of phenols is 1. The summed E-state index contributed by atoms with van der Waals surface area (Å²) in [6.07, 6.45) is 1.10. The summed E-state index contributed by atoms with van der Waals surface area (Å²) in [6, 6.07) is 9.25. The van der Waals surface area contributed by atoms with Crippen molar-refractivity contribution in [1.82, 2.24) is 4.83 Å². The van der Waals surface area contributed by atoms with Gasteiger partial charge in [0.15, 0.2) is 11.5 Å². The van der Waals surface area contributed by atoms with Crippen molar-refractivity contribution in [3.63, 3.8) is 0 Å². The number of para-hydroxylation sites is 1. The van der Waals surface area contributed by atoms with Crippen LogP contribution in [0.2, 0.25) is 0 Å². The maximum atomic E-state index is 12.1. The number of hydrogen-bond acceptors (Lipinski definition) is 7. The van der Waals surface area contributed by atoms with Gasteiger partial charge in [-0.15, -0.1) is 0 Å². The predicted molar refractivity (Wildman–Crippen MR) is 90.3 cm³/mol. The molecule has 2 aromatic carbocycles. The average molecular weight is 365 g/mol. The lowest BCUT2D eigenvalue weighted by Crippen LogP contribution is -2.18. The van der Waals surface area contributed by atoms with Gasteiger partial charge in [0.1, 0.15) is 0 Å². The van der Waals surface area contributed by atoms with Crippen molar-refractivity contribution in [3.05, 3.63) is 58.1 Å². The summed E-state index contributed by atoms with van der Waals surface area (Å²) in [6.45, 7) is 2.11. The summed E-state index contributed by atoms with van der Waals surface area (Å²) in [7, 11) is -4.08. The number of nitrogens with one attached hydrogen (secondary N) is 1. The lowest BCUT2D eigenvalue weighted by Gasteiger charge is -2.07. The number of phenolic OH excluding ortho intramolecular Hbond substituents is 1. The fourth-order valence-corrected chi connectivity index (χ4v) is 2.73. The molecule has 0 bridgehead atoms. The van der Waals surface area contributed by atoms with Crippen LogP contribution >= 0.6 is 0 Å². The second-order valence-corrected chi connectivity index (χ2v) is 6.40. The molecule has 0 aliphatic heterocycles. The Labute approximate surface area is 143 Å². The predicted octanol–water partition coefficient (Wildman–Crippen LogP) is 2.01. The monoisotopic (exact) mass is 365 g/mol. The lowest BCUT2D eigenvalue weighted by atomic mass is 10.2. The summed E-state index contributed by atoms with van der Waals surface area (Å²) in [4.78, 5) is 11.7. The molecular weight excluding hydrogens is 350 g/mol.